The minimum absolute atomic E-state index is 0.853. The zero-order valence-corrected chi connectivity index (χ0v) is 9.78. The average Bonchev–Trinajstić information content (AvgIpc) is 2.12. The third-order valence-corrected chi connectivity index (χ3v) is 4.68. The van der Waals surface area contributed by atoms with Gasteiger partial charge in [-0.2, -0.15) is 11.8 Å². The van der Waals surface area contributed by atoms with Crippen LogP contribution in [0.15, 0.2) is 0 Å². The summed E-state index contributed by atoms with van der Waals surface area (Å²) in [5.41, 5.74) is 5.48. The maximum atomic E-state index is 5.48. The molecule has 0 aromatic carbocycles. The van der Waals surface area contributed by atoms with Crippen LogP contribution in [-0.2, 0) is 0 Å². The van der Waals surface area contributed by atoms with Gasteiger partial charge in [-0.25, -0.2) is 0 Å². The van der Waals surface area contributed by atoms with Gasteiger partial charge in [0.25, 0.3) is 0 Å². The SMILES string of the molecule is CC1CCC(SCCCN)CC1C. The highest BCUT2D eigenvalue weighted by Crippen LogP contribution is 2.35. The van der Waals surface area contributed by atoms with E-state index in [2.05, 4.69) is 25.6 Å². The van der Waals surface area contributed by atoms with Crippen molar-refractivity contribution in [3.05, 3.63) is 0 Å². The molecule has 1 saturated carbocycles. The van der Waals surface area contributed by atoms with Crippen molar-refractivity contribution in [3.63, 3.8) is 0 Å². The van der Waals surface area contributed by atoms with Crippen molar-refractivity contribution < 1.29 is 0 Å². The molecule has 1 rings (SSSR count). The zero-order chi connectivity index (χ0) is 9.68. The second kappa shape index (κ2) is 5.92. The molecule has 1 nitrogen and oxygen atoms in total. The molecule has 3 unspecified atom stereocenters. The Balaban J connectivity index is 2.14. The average molecular weight is 201 g/mol. The largest absolute Gasteiger partial charge is 0.330 e. The van der Waals surface area contributed by atoms with E-state index in [1.807, 2.05) is 0 Å². The minimum Gasteiger partial charge on any atom is -0.330 e. The molecule has 0 saturated heterocycles. The van der Waals surface area contributed by atoms with Crippen molar-refractivity contribution in [1.29, 1.82) is 0 Å². The van der Waals surface area contributed by atoms with Gasteiger partial charge in [0.1, 0.15) is 0 Å². The molecule has 13 heavy (non-hydrogen) atoms. The Hall–Kier alpha value is 0.310. The summed E-state index contributed by atoms with van der Waals surface area (Å²) in [7, 11) is 0. The van der Waals surface area contributed by atoms with Gasteiger partial charge in [0.2, 0.25) is 0 Å². The van der Waals surface area contributed by atoms with Crippen LogP contribution in [0, 0.1) is 11.8 Å². The van der Waals surface area contributed by atoms with Crippen molar-refractivity contribution in [3.8, 4) is 0 Å². The van der Waals surface area contributed by atoms with Crippen LogP contribution < -0.4 is 5.73 Å². The van der Waals surface area contributed by atoms with Crippen LogP contribution in [0.25, 0.3) is 0 Å². The Kier molecular flexibility index (Phi) is 5.18. The Morgan fingerprint density at radius 3 is 2.62 bits per heavy atom. The van der Waals surface area contributed by atoms with Gasteiger partial charge >= 0.3 is 0 Å². The molecule has 1 fully saturated rings. The molecule has 1 aliphatic rings. The molecule has 0 amide bonds. The molecule has 0 heterocycles. The lowest BCUT2D eigenvalue weighted by Gasteiger charge is -2.31. The molecule has 0 aromatic heterocycles. The molecular formula is C11H23NS. The van der Waals surface area contributed by atoms with Gasteiger partial charge < -0.3 is 5.73 Å². The fourth-order valence-corrected chi connectivity index (χ4v) is 3.39. The first-order chi connectivity index (χ1) is 6.24. The number of hydrogen-bond donors (Lipinski definition) is 1. The number of thioether (sulfide) groups is 1. The van der Waals surface area contributed by atoms with E-state index in [1.54, 1.807) is 0 Å². The topological polar surface area (TPSA) is 26.0 Å². The second-order valence-corrected chi connectivity index (χ2v) is 5.81. The molecular weight excluding hydrogens is 178 g/mol. The standard InChI is InChI=1S/C11H23NS/c1-9-4-5-11(8-10(9)2)13-7-3-6-12/h9-11H,3-8,12H2,1-2H3. The maximum Gasteiger partial charge on any atom is 0.00497 e. The summed E-state index contributed by atoms with van der Waals surface area (Å²) in [5, 5.41) is 0.928. The van der Waals surface area contributed by atoms with E-state index in [1.165, 1.54) is 31.4 Å². The van der Waals surface area contributed by atoms with E-state index in [4.69, 9.17) is 5.73 Å². The summed E-state index contributed by atoms with van der Waals surface area (Å²) in [5.74, 6) is 3.15. The highest BCUT2D eigenvalue weighted by atomic mass is 32.2. The fourth-order valence-electron chi connectivity index (χ4n) is 1.98. The first-order valence-corrected chi connectivity index (χ1v) is 6.60. The maximum absolute atomic E-state index is 5.48. The summed E-state index contributed by atoms with van der Waals surface area (Å²) >= 11 is 2.15. The van der Waals surface area contributed by atoms with Crippen LogP contribution in [0.1, 0.15) is 39.5 Å². The van der Waals surface area contributed by atoms with Crippen molar-refractivity contribution in [2.24, 2.45) is 17.6 Å². The lowest BCUT2D eigenvalue weighted by Crippen LogP contribution is -2.22. The number of rotatable bonds is 4. The molecule has 1 aliphatic carbocycles. The molecule has 0 aliphatic heterocycles. The van der Waals surface area contributed by atoms with Crippen LogP contribution in [0.2, 0.25) is 0 Å². The molecule has 0 bridgehead atoms. The normalized spacial score (nSPS) is 34.8. The molecule has 0 aromatic rings. The second-order valence-electron chi connectivity index (χ2n) is 4.40. The third-order valence-electron chi connectivity index (χ3n) is 3.25. The molecule has 2 N–H and O–H groups in total. The van der Waals surface area contributed by atoms with Gasteiger partial charge in [0.05, 0.1) is 0 Å². The van der Waals surface area contributed by atoms with E-state index >= 15 is 0 Å². The Bertz CT molecular complexity index is 138. The summed E-state index contributed by atoms with van der Waals surface area (Å²) in [6.45, 7) is 5.65. The van der Waals surface area contributed by atoms with Crippen LogP contribution in [0.4, 0.5) is 0 Å². The summed E-state index contributed by atoms with van der Waals surface area (Å²) in [6.07, 6.45) is 5.48. The highest BCUT2D eigenvalue weighted by Gasteiger charge is 2.24. The van der Waals surface area contributed by atoms with Crippen molar-refractivity contribution in [1.82, 2.24) is 0 Å². The quantitative estimate of drug-likeness (QED) is 0.708. The van der Waals surface area contributed by atoms with Crippen molar-refractivity contribution in [2.45, 2.75) is 44.8 Å². The number of hydrogen-bond acceptors (Lipinski definition) is 2. The summed E-state index contributed by atoms with van der Waals surface area (Å²) in [6, 6.07) is 0. The lowest BCUT2D eigenvalue weighted by atomic mass is 9.81. The van der Waals surface area contributed by atoms with Crippen LogP contribution >= 0.6 is 11.8 Å². The van der Waals surface area contributed by atoms with E-state index in [9.17, 15) is 0 Å². The monoisotopic (exact) mass is 201 g/mol. The van der Waals surface area contributed by atoms with E-state index in [0.29, 0.717) is 0 Å². The predicted octanol–water partition coefficient (Wildman–Crippen LogP) is 2.89. The first kappa shape index (κ1) is 11.4. The molecule has 0 spiro atoms. The van der Waals surface area contributed by atoms with Gasteiger partial charge in [-0.15, -0.1) is 0 Å². The van der Waals surface area contributed by atoms with E-state index in [-0.39, 0.29) is 0 Å². The smallest absolute Gasteiger partial charge is 0.00497 e. The minimum atomic E-state index is 0.853. The molecule has 3 atom stereocenters. The van der Waals surface area contributed by atoms with Gasteiger partial charge in [-0.05, 0) is 49.8 Å². The summed E-state index contributed by atoms with van der Waals surface area (Å²) < 4.78 is 0. The highest BCUT2D eigenvalue weighted by molar-refractivity contribution is 7.99. The van der Waals surface area contributed by atoms with E-state index in [0.717, 1.165) is 23.6 Å². The third kappa shape index (κ3) is 3.90. The summed E-state index contributed by atoms with van der Waals surface area (Å²) in [4.78, 5) is 0. The van der Waals surface area contributed by atoms with Crippen molar-refractivity contribution in [2.75, 3.05) is 12.3 Å². The molecule has 78 valence electrons. The fraction of sp³-hybridized carbons (Fsp3) is 1.00. The molecule has 0 radical (unpaired) electrons. The Morgan fingerprint density at radius 2 is 2.00 bits per heavy atom. The van der Waals surface area contributed by atoms with Gasteiger partial charge in [-0.1, -0.05) is 13.8 Å². The predicted molar refractivity (Wildman–Crippen MR) is 62.1 cm³/mol. The first-order valence-electron chi connectivity index (χ1n) is 5.55. The number of nitrogens with two attached hydrogens (primary N) is 1. The zero-order valence-electron chi connectivity index (χ0n) is 8.96. The van der Waals surface area contributed by atoms with Crippen LogP contribution in [0.3, 0.4) is 0 Å². The van der Waals surface area contributed by atoms with Crippen molar-refractivity contribution >= 4 is 11.8 Å². The van der Waals surface area contributed by atoms with Crippen LogP contribution in [-0.4, -0.2) is 17.5 Å². The lowest BCUT2D eigenvalue weighted by molar-refractivity contribution is 0.283. The van der Waals surface area contributed by atoms with Gasteiger partial charge in [-0.3, -0.25) is 0 Å². The van der Waals surface area contributed by atoms with E-state index < -0.39 is 0 Å². The Morgan fingerprint density at radius 1 is 1.23 bits per heavy atom. The van der Waals surface area contributed by atoms with Gasteiger partial charge in [0.15, 0.2) is 0 Å². The molecule has 2 heteroatoms. The van der Waals surface area contributed by atoms with Crippen LogP contribution in [0.5, 0.6) is 0 Å². The van der Waals surface area contributed by atoms with Gasteiger partial charge in [0, 0.05) is 5.25 Å². The Labute approximate surface area is 86.8 Å².